The largest absolute Gasteiger partial charge is 0.364 e. The third-order valence-electron chi connectivity index (χ3n) is 3.71. The Morgan fingerprint density at radius 3 is 2.32 bits per heavy atom. The maximum atomic E-state index is 12.5. The van der Waals surface area contributed by atoms with Crippen molar-refractivity contribution in [3.05, 3.63) is 71.9 Å². The summed E-state index contributed by atoms with van der Waals surface area (Å²) in [7, 11) is 0. The average molecular weight is 376 g/mol. The van der Waals surface area contributed by atoms with Crippen molar-refractivity contribution in [1.29, 1.82) is 0 Å². The van der Waals surface area contributed by atoms with Crippen LogP contribution in [0.3, 0.4) is 0 Å². The molecule has 0 bridgehead atoms. The molecular weight excluding hydrogens is 356 g/mol. The van der Waals surface area contributed by atoms with Crippen LogP contribution in [0.5, 0.6) is 0 Å². The molecule has 142 valence electrons. The standard InChI is InChI=1S/C20H20N6O2/c1-13-23-18(11-19(24-13)22-12-17-5-3-4-10-21-17)20(28)26-16-8-6-15(7-9-16)25-14(2)27/h3-11H,12H2,1-2H3,(H,25,27)(H,26,28)(H,22,23,24). The van der Waals surface area contributed by atoms with Crippen LogP contribution >= 0.6 is 0 Å². The van der Waals surface area contributed by atoms with Gasteiger partial charge in [-0.05, 0) is 43.3 Å². The first-order chi connectivity index (χ1) is 13.5. The van der Waals surface area contributed by atoms with Gasteiger partial charge in [-0.3, -0.25) is 14.6 Å². The van der Waals surface area contributed by atoms with E-state index in [0.717, 1.165) is 5.69 Å². The highest BCUT2D eigenvalue weighted by atomic mass is 16.2. The minimum Gasteiger partial charge on any atom is -0.364 e. The minimum absolute atomic E-state index is 0.154. The number of benzene rings is 1. The fourth-order valence-electron chi connectivity index (χ4n) is 2.49. The number of aromatic nitrogens is 3. The average Bonchev–Trinajstić information content (AvgIpc) is 2.68. The van der Waals surface area contributed by atoms with Gasteiger partial charge in [0.05, 0.1) is 12.2 Å². The number of pyridine rings is 1. The van der Waals surface area contributed by atoms with Crippen molar-refractivity contribution >= 4 is 29.0 Å². The number of hydrogen-bond acceptors (Lipinski definition) is 6. The Morgan fingerprint density at radius 1 is 0.964 bits per heavy atom. The molecule has 0 fully saturated rings. The van der Waals surface area contributed by atoms with E-state index in [0.29, 0.717) is 29.6 Å². The van der Waals surface area contributed by atoms with Crippen LogP contribution < -0.4 is 16.0 Å². The van der Waals surface area contributed by atoms with Gasteiger partial charge < -0.3 is 16.0 Å². The van der Waals surface area contributed by atoms with E-state index in [4.69, 9.17) is 0 Å². The number of amides is 2. The lowest BCUT2D eigenvalue weighted by Crippen LogP contribution is -2.16. The van der Waals surface area contributed by atoms with Crippen LogP contribution in [-0.2, 0) is 11.3 Å². The van der Waals surface area contributed by atoms with Crippen molar-refractivity contribution in [1.82, 2.24) is 15.0 Å². The Bertz CT molecular complexity index is 974. The number of aryl methyl sites for hydroxylation is 1. The number of nitrogens with zero attached hydrogens (tertiary/aromatic N) is 3. The molecule has 0 aliphatic heterocycles. The summed E-state index contributed by atoms with van der Waals surface area (Å²) >= 11 is 0. The van der Waals surface area contributed by atoms with E-state index in [1.54, 1.807) is 43.5 Å². The van der Waals surface area contributed by atoms with Crippen LogP contribution in [0.4, 0.5) is 17.2 Å². The van der Waals surface area contributed by atoms with Crippen molar-refractivity contribution in [2.75, 3.05) is 16.0 Å². The smallest absolute Gasteiger partial charge is 0.274 e. The van der Waals surface area contributed by atoms with Crippen LogP contribution in [0.1, 0.15) is 28.9 Å². The molecule has 28 heavy (non-hydrogen) atoms. The van der Waals surface area contributed by atoms with Crippen molar-refractivity contribution in [2.24, 2.45) is 0 Å². The zero-order chi connectivity index (χ0) is 19.9. The van der Waals surface area contributed by atoms with Gasteiger partial charge in [-0.1, -0.05) is 6.07 Å². The molecule has 2 amide bonds. The van der Waals surface area contributed by atoms with Crippen LogP contribution in [0, 0.1) is 6.92 Å². The third kappa shape index (κ3) is 5.34. The normalized spacial score (nSPS) is 10.2. The van der Waals surface area contributed by atoms with Gasteiger partial charge in [0.15, 0.2) is 0 Å². The molecule has 3 aromatic rings. The SMILES string of the molecule is CC(=O)Nc1ccc(NC(=O)c2cc(NCc3ccccn3)nc(C)n2)cc1. The summed E-state index contributed by atoms with van der Waals surface area (Å²) < 4.78 is 0. The zero-order valence-electron chi connectivity index (χ0n) is 15.6. The van der Waals surface area contributed by atoms with Gasteiger partial charge in [0, 0.05) is 30.6 Å². The summed E-state index contributed by atoms with van der Waals surface area (Å²) in [5.41, 5.74) is 2.37. The van der Waals surface area contributed by atoms with Crippen LogP contribution in [0.2, 0.25) is 0 Å². The van der Waals surface area contributed by atoms with Gasteiger partial charge in [0.2, 0.25) is 5.91 Å². The monoisotopic (exact) mass is 376 g/mol. The van der Waals surface area contributed by atoms with Crippen molar-refractivity contribution in [3.8, 4) is 0 Å². The van der Waals surface area contributed by atoms with Gasteiger partial charge in [-0.15, -0.1) is 0 Å². The fourth-order valence-corrected chi connectivity index (χ4v) is 2.49. The number of hydrogen-bond donors (Lipinski definition) is 3. The van der Waals surface area contributed by atoms with Gasteiger partial charge in [-0.2, -0.15) is 0 Å². The summed E-state index contributed by atoms with van der Waals surface area (Å²) in [6, 6.07) is 14.1. The topological polar surface area (TPSA) is 109 Å². The third-order valence-corrected chi connectivity index (χ3v) is 3.71. The lowest BCUT2D eigenvalue weighted by molar-refractivity contribution is -0.114. The van der Waals surface area contributed by atoms with Gasteiger partial charge in [0.1, 0.15) is 17.3 Å². The van der Waals surface area contributed by atoms with Crippen molar-refractivity contribution in [3.63, 3.8) is 0 Å². The number of anilines is 3. The highest BCUT2D eigenvalue weighted by molar-refractivity contribution is 6.03. The molecule has 3 rings (SSSR count). The summed E-state index contributed by atoms with van der Waals surface area (Å²) in [5, 5.41) is 8.61. The molecular formula is C20H20N6O2. The molecule has 0 atom stereocenters. The van der Waals surface area contributed by atoms with Gasteiger partial charge >= 0.3 is 0 Å². The number of carbonyl (C=O) groups is 2. The number of rotatable bonds is 6. The highest BCUT2D eigenvalue weighted by Crippen LogP contribution is 2.15. The Labute approximate surface area is 162 Å². The van der Waals surface area contributed by atoms with E-state index in [2.05, 4.69) is 30.9 Å². The van der Waals surface area contributed by atoms with E-state index < -0.39 is 0 Å². The second-order valence-corrected chi connectivity index (χ2v) is 6.07. The molecule has 1 aromatic carbocycles. The van der Waals surface area contributed by atoms with Crippen LogP contribution in [-0.4, -0.2) is 26.8 Å². The molecule has 8 heteroatoms. The maximum Gasteiger partial charge on any atom is 0.274 e. The van der Waals surface area contributed by atoms with E-state index in [1.807, 2.05) is 18.2 Å². The van der Waals surface area contributed by atoms with Crippen LogP contribution in [0.25, 0.3) is 0 Å². The first kappa shape index (κ1) is 19.0. The highest BCUT2D eigenvalue weighted by Gasteiger charge is 2.11. The molecule has 0 aliphatic carbocycles. The summed E-state index contributed by atoms with van der Waals surface area (Å²) in [5.74, 6) is 0.527. The summed E-state index contributed by atoms with van der Waals surface area (Å²) in [6.07, 6.45) is 1.72. The molecule has 8 nitrogen and oxygen atoms in total. The first-order valence-electron chi connectivity index (χ1n) is 8.68. The zero-order valence-corrected chi connectivity index (χ0v) is 15.6. The molecule has 0 radical (unpaired) electrons. The van der Waals surface area contributed by atoms with Gasteiger partial charge in [-0.25, -0.2) is 9.97 Å². The molecule has 0 unspecified atom stereocenters. The Kier molecular flexibility index (Phi) is 5.91. The Balaban J connectivity index is 1.67. The Morgan fingerprint density at radius 2 is 1.68 bits per heavy atom. The summed E-state index contributed by atoms with van der Waals surface area (Å²) in [4.78, 5) is 36.4. The molecule has 3 N–H and O–H groups in total. The first-order valence-corrected chi connectivity index (χ1v) is 8.68. The second kappa shape index (κ2) is 8.72. The van der Waals surface area contributed by atoms with Crippen molar-refractivity contribution in [2.45, 2.75) is 20.4 Å². The molecule has 0 saturated heterocycles. The lowest BCUT2D eigenvalue weighted by atomic mass is 10.2. The second-order valence-electron chi connectivity index (χ2n) is 6.07. The lowest BCUT2D eigenvalue weighted by Gasteiger charge is -2.09. The van der Waals surface area contributed by atoms with E-state index in [-0.39, 0.29) is 17.5 Å². The fraction of sp³-hybridized carbons (Fsp3) is 0.150. The summed E-state index contributed by atoms with van der Waals surface area (Å²) in [6.45, 7) is 3.65. The van der Waals surface area contributed by atoms with E-state index in [1.165, 1.54) is 6.92 Å². The quantitative estimate of drug-likeness (QED) is 0.610. The predicted octanol–water partition coefficient (Wildman–Crippen LogP) is 3.00. The molecule has 2 aromatic heterocycles. The molecule has 0 spiro atoms. The number of nitrogens with one attached hydrogen (secondary N) is 3. The molecule has 0 saturated carbocycles. The predicted molar refractivity (Wildman–Crippen MR) is 107 cm³/mol. The van der Waals surface area contributed by atoms with E-state index >= 15 is 0 Å². The van der Waals surface area contributed by atoms with E-state index in [9.17, 15) is 9.59 Å². The van der Waals surface area contributed by atoms with Crippen LogP contribution in [0.15, 0.2) is 54.7 Å². The molecule has 2 heterocycles. The maximum absolute atomic E-state index is 12.5. The van der Waals surface area contributed by atoms with Crippen molar-refractivity contribution < 1.29 is 9.59 Å². The minimum atomic E-state index is -0.348. The Hall–Kier alpha value is -3.81. The number of carbonyl (C=O) groups excluding carboxylic acids is 2. The molecule has 0 aliphatic rings. The van der Waals surface area contributed by atoms with Gasteiger partial charge in [0.25, 0.3) is 5.91 Å².